The molecule has 3 rings (SSSR count). The Hall–Kier alpha value is -0.570. The SMILES string of the molecule is Clc1ccc(C2CC(NC3CCOC3)C2)cc1. The van der Waals surface area contributed by atoms with Gasteiger partial charge in [0, 0.05) is 23.7 Å². The smallest absolute Gasteiger partial charge is 0.0620 e. The largest absolute Gasteiger partial charge is 0.380 e. The molecule has 3 heteroatoms. The van der Waals surface area contributed by atoms with Crippen LogP contribution in [0.25, 0.3) is 0 Å². The highest BCUT2D eigenvalue weighted by atomic mass is 35.5. The molecule has 1 heterocycles. The van der Waals surface area contributed by atoms with Crippen LogP contribution in [-0.4, -0.2) is 25.3 Å². The van der Waals surface area contributed by atoms with Crippen molar-refractivity contribution in [3.63, 3.8) is 0 Å². The Morgan fingerprint density at radius 3 is 2.53 bits per heavy atom. The van der Waals surface area contributed by atoms with Crippen LogP contribution >= 0.6 is 11.6 Å². The zero-order valence-corrected chi connectivity index (χ0v) is 10.6. The first kappa shape index (κ1) is 11.5. The van der Waals surface area contributed by atoms with E-state index >= 15 is 0 Å². The Labute approximate surface area is 107 Å². The Kier molecular flexibility index (Phi) is 3.37. The molecule has 1 unspecified atom stereocenters. The number of nitrogens with one attached hydrogen (secondary N) is 1. The number of ether oxygens (including phenoxy) is 1. The van der Waals surface area contributed by atoms with Gasteiger partial charge < -0.3 is 10.1 Å². The summed E-state index contributed by atoms with van der Waals surface area (Å²) in [6, 6.07) is 9.56. The van der Waals surface area contributed by atoms with Gasteiger partial charge in [0.25, 0.3) is 0 Å². The van der Waals surface area contributed by atoms with E-state index in [1.54, 1.807) is 0 Å². The molecule has 1 saturated heterocycles. The fourth-order valence-corrected chi connectivity index (χ4v) is 2.89. The van der Waals surface area contributed by atoms with Gasteiger partial charge in [-0.25, -0.2) is 0 Å². The monoisotopic (exact) mass is 251 g/mol. The van der Waals surface area contributed by atoms with E-state index in [1.807, 2.05) is 12.1 Å². The van der Waals surface area contributed by atoms with Crippen molar-refractivity contribution in [1.29, 1.82) is 0 Å². The van der Waals surface area contributed by atoms with Gasteiger partial charge in [0.2, 0.25) is 0 Å². The summed E-state index contributed by atoms with van der Waals surface area (Å²) in [7, 11) is 0. The van der Waals surface area contributed by atoms with Gasteiger partial charge >= 0.3 is 0 Å². The average molecular weight is 252 g/mol. The van der Waals surface area contributed by atoms with Crippen LogP contribution in [0.3, 0.4) is 0 Å². The molecule has 2 aliphatic rings. The molecule has 92 valence electrons. The molecule has 2 fully saturated rings. The molecule has 1 aromatic rings. The lowest BCUT2D eigenvalue weighted by Crippen LogP contribution is -2.45. The van der Waals surface area contributed by atoms with Gasteiger partial charge in [-0.15, -0.1) is 0 Å². The van der Waals surface area contributed by atoms with Gasteiger partial charge in [-0.2, -0.15) is 0 Å². The topological polar surface area (TPSA) is 21.3 Å². The molecule has 0 radical (unpaired) electrons. The molecule has 0 aromatic heterocycles. The first-order valence-electron chi connectivity index (χ1n) is 6.40. The third-order valence-electron chi connectivity index (χ3n) is 3.88. The van der Waals surface area contributed by atoms with E-state index < -0.39 is 0 Å². The maximum absolute atomic E-state index is 5.89. The Morgan fingerprint density at radius 1 is 1.12 bits per heavy atom. The summed E-state index contributed by atoms with van der Waals surface area (Å²) in [5, 5.41) is 4.50. The molecule has 17 heavy (non-hydrogen) atoms. The summed E-state index contributed by atoms with van der Waals surface area (Å²) >= 11 is 5.89. The first-order valence-corrected chi connectivity index (χ1v) is 6.78. The number of hydrogen-bond acceptors (Lipinski definition) is 2. The fraction of sp³-hybridized carbons (Fsp3) is 0.571. The van der Waals surface area contributed by atoms with E-state index in [4.69, 9.17) is 16.3 Å². The number of benzene rings is 1. The maximum atomic E-state index is 5.89. The van der Waals surface area contributed by atoms with E-state index in [9.17, 15) is 0 Å². The summed E-state index contributed by atoms with van der Waals surface area (Å²) < 4.78 is 5.37. The van der Waals surface area contributed by atoms with E-state index in [1.165, 1.54) is 24.8 Å². The van der Waals surface area contributed by atoms with Gasteiger partial charge in [0.05, 0.1) is 6.61 Å². The molecule has 2 nitrogen and oxygen atoms in total. The minimum Gasteiger partial charge on any atom is -0.380 e. The number of hydrogen-bond donors (Lipinski definition) is 1. The molecular formula is C14H18ClNO. The van der Waals surface area contributed by atoms with Crippen LogP contribution in [-0.2, 0) is 4.74 Å². The summed E-state index contributed by atoms with van der Waals surface area (Å²) in [6.07, 6.45) is 3.67. The predicted octanol–water partition coefficient (Wildman–Crippen LogP) is 2.96. The van der Waals surface area contributed by atoms with Crippen LogP contribution in [0, 0.1) is 0 Å². The van der Waals surface area contributed by atoms with Gasteiger partial charge in [0.1, 0.15) is 0 Å². The molecule has 0 amide bonds. The van der Waals surface area contributed by atoms with Gasteiger partial charge in [-0.1, -0.05) is 23.7 Å². The number of rotatable bonds is 3. The zero-order valence-electron chi connectivity index (χ0n) is 9.86. The second-order valence-corrected chi connectivity index (χ2v) is 5.58. The third kappa shape index (κ3) is 2.65. The Bertz CT molecular complexity index is 366. The van der Waals surface area contributed by atoms with Crippen molar-refractivity contribution in [3.8, 4) is 0 Å². The minimum atomic E-state index is 0.589. The fourth-order valence-electron chi connectivity index (χ4n) is 2.76. The summed E-state index contributed by atoms with van der Waals surface area (Å²) in [6.45, 7) is 1.81. The maximum Gasteiger partial charge on any atom is 0.0620 e. The second-order valence-electron chi connectivity index (χ2n) is 5.14. The van der Waals surface area contributed by atoms with Crippen LogP contribution in [0.15, 0.2) is 24.3 Å². The van der Waals surface area contributed by atoms with Crippen LogP contribution in [0.4, 0.5) is 0 Å². The van der Waals surface area contributed by atoms with Crippen molar-refractivity contribution in [1.82, 2.24) is 5.32 Å². The summed E-state index contributed by atoms with van der Waals surface area (Å²) in [5.74, 6) is 0.715. The summed E-state index contributed by atoms with van der Waals surface area (Å²) in [5.41, 5.74) is 1.43. The van der Waals surface area contributed by atoms with Crippen molar-refractivity contribution in [2.45, 2.75) is 37.3 Å². The van der Waals surface area contributed by atoms with Crippen LogP contribution < -0.4 is 5.32 Å². The highest BCUT2D eigenvalue weighted by molar-refractivity contribution is 6.30. The summed E-state index contributed by atoms with van der Waals surface area (Å²) in [4.78, 5) is 0. The molecule has 1 aliphatic carbocycles. The van der Waals surface area contributed by atoms with E-state index in [0.717, 1.165) is 18.2 Å². The van der Waals surface area contributed by atoms with Crippen molar-refractivity contribution < 1.29 is 4.74 Å². The van der Waals surface area contributed by atoms with Gasteiger partial charge in [-0.05, 0) is 42.9 Å². The van der Waals surface area contributed by atoms with Crippen molar-refractivity contribution in [2.75, 3.05) is 13.2 Å². The minimum absolute atomic E-state index is 0.589. The molecule has 1 aliphatic heterocycles. The second kappa shape index (κ2) is 4.97. The van der Waals surface area contributed by atoms with Crippen LogP contribution in [0.1, 0.15) is 30.7 Å². The van der Waals surface area contributed by atoms with Crippen LogP contribution in [0.5, 0.6) is 0 Å². The van der Waals surface area contributed by atoms with E-state index in [0.29, 0.717) is 18.0 Å². The molecule has 0 spiro atoms. The van der Waals surface area contributed by atoms with Crippen LogP contribution in [0.2, 0.25) is 5.02 Å². The normalized spacial score (nSPS) is 32.4. The zero-order chi connectivity index (χ0) is 11.7. The molecule has 1 saturated carbocycles. The lowest BCUT2D eigenvalue weighted by molar-refractivity contribution is 0.180. The van der Waals surface area contributed by atoms with E-state index in [2.05, 4.69) is 17.4 Å². The molecule has 1 atom stereocenters. The quantitative estimate of drug-likeness (QED) is 0.892. The number of halogens is 1. The van der Waals surface area contributed by atoms with Gasteiger partial charge in [0.15, 0.2) is 0 Å². The average Bonchev–Trinajstić information content (AvgIpc) is 2.77. The third-order valence-corrected chi connectivity index (χ3v) is 4.13. The van der Waals surface area contributed by atoms with Crippen molar-refractivity contribution >= 4 is 11.6 Å². The predicted molar refractivity (Wildman–Crippen MR) is 69.6 cm³/mol. The molecule has 1 N–H and O–H groups in total. The Balaban J connectivity index is 1.49. The van der Waals surface area contributed by atoms with Crippen molar-refractivity contribution in [3.05, 3.63) is 34.9 Å². The molecular weight excluding hydrogens is 234 g/mol. The highest BCUT2D eigenvalue weighted by Crippen LogP contribution is 2.37. The van der Waals surface area contributed by atoms with Gasteiger partial charge in [-0.3, -0.25) is 0 Å². The van der Waals surface area contributed by atoms with Crippen molar-refractivity contribution in [2.24, 2.45) is 0 Å². The lowest BCUT2D eigenvalue weighted by atomic mass is 9.75. The lowest BCUT2D eigenvalue weighted by Gasteiger charge is -2.38. The highest BCUT2D eigenvalue weighted by Gasteiger charge is 2.32. The first-order chi connectivity index (χ1) is 8.31. The Morgan fingerprint density at radius 2 is 1.88 bits per heavy atom. The molecule has 1 aromatic carbocycles. The van der Waals surface area contributed by atoms with E-state index in [-0.39, 0.29) is 0 Å². The standard InChI is InChI=1S/C14H18ClNO/c15-12-3-1-10(2-4-12)11-7-14(8-11)16-13-5-6-17-9-13/h1-4,11,13-14,16H,5-9H2. The molecule has 0 bridgehead atoms.